The van der Waals surface area contributed by atoms with Gasteiger partial charge in [0.2, 0.25) is 0 Å². The summed E-state index contributed by atoms with van der Waals surface area (Å²) < 4.78 is 33.5. The predicted molar refractivity (Wildman–Crippen MR) is 112 cm³/mol. The second-order valence-corrected chi connectivity index (χ2v) is 9.41. The largest absolute Gasteiger partial charge is 0.487 e. The SMILES string of the molecule is O=C(NC1CC2(CCC2)Oc2ccccc21)NC1C2CN(c3ccc(F)cc3F)CC21. The van der Waals surface area contributed by atoms with Crippen LogP contribution in [-0.4, -0.2) is 30.8 Å². The van der Waals surface area contributed by atoms with Crippen molar-refractivity contribution in [2.45, 2.75) is 43.4 Å². The average Bonchev–Trinajstić information content (AvgIpc) is 3.15. The molecule has 2 aliphatic heterocycles. The Labute approximate surface area is 179 Å². The normalized spacial score (nSPS) is 29.4. The van der Waals surface area contributed by atoms with E-state index in [4.69, 9.17) is 4.74 Å². The second kappa shape index (κ2) is 6.84. The van der Waals surface area contributed by atoms with Crippen molar-refractivity contribution in [3.63, 3.8) is 0 Å². The summed E-state index contributed by atoms with van der Waals surface area (Å²) in [6, 6.07) is 11.5. The van der Waals surface area contributed by atoms with Crippen molar-refractivity contribution in [3.8, 4) is 5.75 Å². The van der Waals surface area contributed by atoms with Crippen molar-refractivity contribution in [2.24, 2.45) is 11.8 Å². The molecular formula is C24H25F2N3O2. The van der Waals surface area contributed by atoms with Gasteiger partial charge in [0, 0.05) is 49.0 Å². The van der Waals surface area contributed by atoms with E-state index in [1.165, 1.54) is 12.1 Å². The van der Waals surface area contributed by atoms with E-state index in [0.717, 1.165) is 43.1 Å². The van der Waals surface area contributed by atoms with Crippen LogP contribution in [-0.2, 0) is 0 Å². The number of para-hydroxylation sites is 1. The molecular weight excluding hydrogens is 400 g/mol. The fourth-order valence-corrected chi connectivity index (χ4v) is 5.65. The maximum absolute atomic E-state index is 14.1. The number of anilines is 1. The summed E-state index contributed by atoms with van der Waals surface area (Å²) in [4.78, 5) is 14.7. The van der Waals surface area contributed by atoms with E-state index < -0.39 is 11.6 Å². The lowest BCUT2D eigenvalue weighted by Crippen LogP contribution is -2.51. The summed E-state index contributed by atoms with van der Waals surface area (Å²) in [6.07, 6.45) is 4.03. The highest BCUT2D eigenvalue weighted by Crippen LogP contribution is 2.49. The van der Waals surface area contributed by atoms with Crippen molar-refractivity contribution in [1.82, 2.24) is 10.6 Å². The molecule has 2 amide bonds. The Morgan fingerprint density at radius 2 is 1.84 bits per heavy atom. The topological polar surface area (TPSA) is 53.6 Å². The third-order valence-electron chi connectivity index (χ3n) is 7.51. The molecule has 31 heavy (non-hydrogen) atoms. The van der Waals surface area contributed by atoms with Gasteiger partial charge in [-0.2, -0.15) is 0 Å². The lowest BCUT2D eigenvalue weighted by atomic mass is 9.73. The number of nitrogens with one attached hydrogen (secondary N) is 2. The van der Waals surface area contributed by atoms with Crippen LogP contribution in [0, 0.1) is 23.5 Å². The molecule has 0 radical (unpaired) electrons. The quantitative estimate of drug-likeness (QED) is 0.777. The molecule has 1 spiro atoms. The maximum Gasteiger partial charge on any atom is 0.315 e. The number of ether oxygens (including phenoxy) is 1. The molecule has 7 heteroatoms. The Morgan fingerprint density at radius 3 is 2.55 bits per heavy atom. The van der Waals surface area contributed by atoms with E-state index in [1.54, 1.807) is 0 Å². The number of hydrogen-bond acceptors (Lipinski definition) is 3. The minimum atomic E-state index is -0.569. The lowest BCUT2D eigenvalue weighted by Gasteiger charge is -2.48. The van der Waals surface area contributed by atoms with Gasteiger partial charge < -0.3 is 20.3 Å². The van der Waals surface area contributed by atoms with Gasteiger partial charge in [-0.15, -0.1) is 0 Å². The van der Waals surface area contributed by atoms with Crippen LogP contribution >= 0.6 is 0 Å². The van der Waals surface area contributed by atoms with E-state index in [9.17, 15) is 13.6 Å². The molecule has 2 aromatic rings. The van der Waals surface area contributed by atoms with Gasteiger partial charge in [0.25, 0.3) is 0 Å². The first-order chi connectivity index (χ1) is 15.0. The molecule has 2 heterocycles. The first-order valence-corrected chi connectivity index (χ1v) is 11.1. The zero-order chi connectivity index (χ0) is 21.2. The Balaban J connectivity index is 1.08. The maximum atomic E-state index is 14.1. The molecule has 162 valence electrons. The molecule has 6 rings (SSSR count). The van der Waals surface area contributed by atoms with E-state index in [2.05, 4.69) is 10.6 Å². The first-order valence-electron chi connectivity index (χ1n) is 11.1. The van der Waals surface area contributed by atoms with Crippen LogP contribution in [0.2, 0.25) is 0 Å². The first kappa shape index (κ1) is 18.9. The number of hydrogen-bond donors (Lipinski definition) is 2. The Morgan fingerprint density at radius 1 is 1.06 bits per heavy atom. The number of halogens is 2. The van der Waals surface area contributed by atoms with E-state index in [-0.39, 0.29) is 23.7 Å². The van der Waals surface area contributed by atoms with Crippen LogP contribution in [0.15, 0.2) is 42.5 Å². The van der Waals surface area contributed by atoms with Crippen molar-refractivity contribution < 1.29 is 18.3 Å². The molecule has 5 nitrogen and oxygen atoms in total. The molecule has 3 fully saturated rings. The summed E-state index contributed by atoms with van der Waals surface area (Å²) >= 11 is 0. The summed E-state index contributed by atoms with van der Waals surface area (Å²) in [5.74, 6) is 0.371. The lowest BCUT2D eigenvalue weighted by molar-refractivity contribution is -0.0355. The van der Waals surface area contributed by atoms with Crippen LogP contribution in [0.5, 0.6) is 5.75 Å². The van der Waals surface area contributed by atoms with Crippen molar-refractivity contribution in [3.05, 3.63) is 59.7 Å². The number of rotatable bonds is 3. The average molecular weight is 425 g/mol. The smallest absolute Gasteiger partial charge is 0.315 e. The molecule has 4 aliphatic rings. The third kappa shape index (κ3) is 3.22. The molecule has 1 saturated heterocycles. The fourth-order valence-electron chi connectivity index (χ4n) is 5.65. The Kier molecular flexibility index (Phi) is 4.17. The monoisotopic (exact) mass is 425 g/mol. The third-order valence-corrected chi connectivity index (χ3v) is 7.51. The fraction of sp³-hybridized carbons (Fsp3) is 0.458. The second-order valence-electron chi connectivity index (χ2n) is 9.41. The number of carbonyl (C=O) groups excluding carboxylic acids is 1. The highest BCUT2D eigenvalue weighted by molar-refractivity contribution is 5.76. The summed E-state index contributed by atoms with van der Waals surface area (Å²) in [6.45, 7) is 1.34. The van der Waals surface area contributed by atoms with Crippen LogP contribution < -0.4 is 20.3 Å². The van der Waals surface area contributed by atoms with Gasteiger partial charge in [-0.3, -0.25) is 0 Å². The number of urea groups is 1. The van der Waals surface area contributed by atoms with E-state index >= 15 is 0 Å². The minimum absolute atomic E-state index is 0.0614. The van der Waals surface area contributed by atoms with Crippen LogP contribution in [0.4, 0.5) is 19.3 Å². The summed E-state index contributed by atoms with van der Waals surface area (Å²) in [5.41, 5.74) is 1.33. The van der Waals surface area contributed by atoms with Crippen molar-refractivity contribution in [1.29, 1.82) is 0 Å². The number of carbonyl (C=O) groups is 1. The zero-order valence-corrected chi connectivity index (χ0v) is 17.1. The van der Waals surface area contributed by atoms with Crippen LogP contribution in [0.3, 0.4) is 0 Å². The van der Waals surface area contributed by atoms with Crippen molar-refractivity contribution in [2.75, 3.05) is 18.0 Å². The molecule has 2 aromatic carbocycles. The molecule has 2 aliphatic carbocycles. The van der Waals surface area contributed by atoms with Gasteiger partial charge in [-0.05, 0) is 37.5 Å². The number of benzene rings is 2. The Bertz CT molecular complexity index is 1030. The zero-order valence-electron chi connectivity index (χ0n) is 17.1. The molecule has 2 N–H and O–H groups in total. The van der Waals surface area contributed by atoms with E-state index in [1.807, 2.05) is 29.2 Å². The highest BCUT2D eigenvalue weighted by atomic mass is 19.1. The van der Waals surface area contributed by atoms with E-state index in [0.29, 0.717) is 30.6 Å². The van der Waals surface area contributed by atoms with Gasteiger partial charge >= 0.3 is 6.03 Å². The van der Waals surface area contributed by atoms with Gasteiger partial charge in [0.05, 0.1) is 11.7 Å². The molecule has 2 saturated carbocycles. The van der Waals surface area contributed by atoms with Crippen LogP contribution in [0.1, 0.15) is 37.3 Å². The highest BCUT2D eigenvalue weighted by Gasteiger charge is 2.57. The minimum Gasteiger partial charge on any atom is -0.487 e. The predicted octanol–water partition coefficient (Wildman–Crippen LogP) is 4.15. The Hall–Kier alpha value is -2.83. The van der Waals surface area contributed by atoms with Crippen molar-refractivity contribution >= 4 is 11.7 Å². The number of nitrogens with zero attached hydrogens (tertiary/aromatic N) is 1. The van der Waals surface area contributed by atoms with Gasteiger partial charge in [-0.1, -0.05) is 18.2 Å². The number of amides is 2. The molecule has 0 aromatic heterocycles. The van der Waals surface area contributed by atoms with Gasteiger partial charge in [0.1, 0.15) is 23.0 Å². The summed E-state index contributed by atoms with van der Waals surface area (Å²) in [5, 5.41) is 6.29. The number of fused-ring (bicyclic) bond motifs is 2. The molecule has 0 bridgehead atoms. The molecule has 3 atom stereocenters. The van der Waals surface area contributed by atoms with Gasteiger partial charge in [0.15, 0.2) is 0 Å². The summed E-state index contributed by atoms with van der Waals surface area (Å²) in [7, 11) is 0. The number of piperidine rings is 1. The standard InChI is InChI=1S/C24H25F2N3O2/c25-14-6-7-20(18(26)10-14)29-12-16-17(13-29)22(16)28-23(30)27-19-11-24(8-3-9-24)31-21-5-2-1-4-15(19)21/h1-2,4-7,10,16-17,19,22H,3,8-9,11-13H2,(H2,27,28,30). The van der Waals surface area contributed by atoms with Gasteiger partial charge in [-0.25, -0.2) is 13.6 Å². The molecule has 3 unspecified atom stereocenters. The van der Waals surface area contributed by atoms with Crippen LogP contribution in [0.25, 0.3) is 0 Å².